The first kappa shape index (κ1) is 16.8. The Labute approximate surface area is 145 Å². The normalized spacial score (nSPS) is 11.1. The highest BCUT2D eigenvalue weighted by atomic mass is 16.5. The zero-order valence-corrected chi connectivity index (χ0v) is 14.6. The largest absolute Gasteiger partial charge is 0.352 e. The van der Waals surface area contributed by atoms with Gasteiger partial charge in [0.25, 0.3) is 11.8 Å². The van der Waals surface area contributed by atoms with Crippen LogP contribution in [-0.4, -0.2) is 37.4 Å². The molecule has 1 amide bonds. The summed E-state index contributed by atoms with van der Waals surface area (Å²) in [5.74, 6) is 1.70. The third-order valence-corrected chi connectivity index (χ3v) is 3.76. The van der Waals surface area contributed by atoms with Gasteiger partial charge < -0.3 is 9.84 Å². The SMILES string of the molecule is CCNC(=O)c1cnn(-c2cc(-c3nc(C(C)C)no3)ccn2)c1C. The Hall–Kier alpha value is -3.03. The lowest BCUT2D eigenvalue weighted by atomic mass is 10.2. The third-order valence-electron chi connectivity index (χ3n) is 3.76. The van der Waals surface area contributed by atoms with Gasteiger partial charge in [-0.2, -0.15) is 10.1 Å². The number of amides is 1. The van der Waals surface area contributed by atoms with Gasteiger partial charge in [0.2, 0.25) is 0 Å². The molecule has 3 rings (SSSR count). The molecule has 0 radical (unpaired) electrons. The Morgan fingerprint density at radius 3 is 2.88 bits per heavy atom. The Kier molecular flexibility index (Phi) is 4.60. The minimum Gasteiger partial charge on any atom is -0.352 e. The fourth-order valence-electron chi connectivity index (χ4n) is 2.37. The second-order valence-electron chi connectivity index (χ2n) is 5.93. The molecule has 1 N–H and O–H groups in total. The number of aromatic nitrogens is 5. The van der Waals surface area contributed by atoms with Gasteiger partial charge in [-0.15, -0.1) is 0 Å². The molecule has 0 spiro atoms. The van der Waals surface area contributed by atoms with E-state index in [1.54, 1.807) is 23.0 Å². The number of nitrogens with one attached hydrogen (secondary N) is 1. The standard InChI is InChI=1S/C17H20N6O2/c1-5-18-16(24)13-9-20-23(11(13)4)14-8-12(6-7-19-14)17-21-15(10(2)3)22-25-17/h6-10H,5H2,1-4H3,(H,18,24). The molecule has 0 bridgehead atoms. The lowest BCUT2D eigenvalue weighted by molar-refractivity contribution is 0.0955. The molecular weight excluding hydrogens is 320 g/mol. The van der Waals surface area contributed by atoms with Crippen LogP contribution in [0.3, 0.4) is 0 Å². The zero-order chi connectivity index (χ0) is 18.0. The van der Waals surface area contributed by atoms with E-state index in [1.165, 1.54) is 6.20 Å². The number of carbonyl (C=O) groups is 1. The van der Waals surface area contributed by atoms with Crippen LogP contribution in [0.5, 0.6) is 0 Å². The van der Waals surface area contributed by atoms with Crippen molar-refractivity contribution in [1.29, 1.82) is 0 Å². The van der Waals surface area contributed by atoms with Crippen LogP contribution in [0.2, 0.25) is 0 Å². The molecular formula is C17H20N6O2. The van der Waals surface area contributed by atoms with E-state index in [0.29, 0.717) is 35.3 Å². The average molecular weight is 340 g/mol. The number of hydrogen-bond acceptors (Lipinski definition) is 6. The van der Waals surface area contributed by atoms with Gasteiger partial charge >= 0.3 is 0 Å². The highest BCUT2D eigenvalue weighted by molar-refractivity contribution is 5.95. The maximum Gasteiger partial charge on any atom is 0.258 e. The molecule has 0 aliphatic heterocycles. The first-order valence-electron chi connectivity index (χ1n) is 8.14. The van der Waals surface area contributed by atoms with Crippen molar-refractivity contribution in [2.24, 2.45) is 0 Å². The van der Waals surface area contributed by atoms with Crippen molar-refractivity contribution in [3.05, 3.63) is 41.6 Å². The van der Waals surface area contributed by atoms with Crippen molar-refractivity contribution in [2.45, 2.75) is 33.6 Å². The van der Waals surface area contributed by atoms with Gasteiger partial charge in [0.15, 0.2) is 11.6 Å². The number of pyridine rings is 1. The zero-order valence-electron chi connectivity index (χ0n) is 14.6. The minimum atomic E-state index is -0.152. The molecule has 3 heterocycles. The van der Waals surface area contributed by atoms with E-state index in [2.05, 4.69) is 25.5 Å². The monoisotopic (exact) mass is 340 g/mol. The van der Waals surface area contributed by atoms with E-state index >= 15 is 0 Å². The van der Waals surface area contributed by atoms with Crippen molar-refractivity contribution in [3.63, 3.8) is 0 Å². The summed E-state index contributed by atoms with van der Waals surface area (Å²) in [6.45, 7) is 8.27. The van der Waals surface area contributed by atoms with Gasteiger partial charge in [-0.05, 0) is 26.0 Å². The van der Waals surface area contributed by atoms with Gasteiger partial charge in [0.1, 0.15) is 0 Å². The molecule has 0 fully saturated rings. The molecule has 130 valence electrons. The molecule has 0 aliphatic carbocycles. The predicted molar refractivity (Wildman–Crippen MR) is 91.5 cm³/mol. The molecule has 3 aromatic heterocycles. The molecule has 0 saturated carbocycles. The summed E-state index contributed by atoms with van der Waals surface area (Å²) in [6, 6.07) is 3.60. The number of nitrogens with zero attached hydrogens (tertiary/aromatic N) is 5. The predicted octanol–water partition coefficient (Wildman–Crippen LogP) is 2.50. The lowest BCUT2D eigenvalue weighted by Crippen LogP contribution is -2.23. The summed E-state index contributed by atoms with van der Waals surface area (Å²) < 4.78 is 6.94. The second-order valence-corrected chi connectivity index (χ2v) is 5.93. The molecule has 0 saturated heterocycles. The maximum atomic E-state index is 12.0. The summed E-state index contributed by atoms with van der Waals surface area (Å²) >= 11 is 0. The Balaban J connectivity index is 1.95. The van der Waals surface area contributed by atoms with Crippen LogP contribution in [0.25, 0.3) is 17.3 Å². The van der Waals surface area contributed by atoms with Crippen LogP contribution in [0.1, 0.15) is 48.6 Å². The smallest absolute Gasteiger partial charge is 0.258 e. The van der Waals surface area contributed by atoms with Gasteiger partial charge in [-0.25, -0.2) is 9.67 Å². The van der Waals surface area contributed by atoms with Crippen LogP contribution in [-0.2, 0) is 0 Å². The summed E-state index contributed by atoms with van der Waals surface area (Å²) in [6.07, 6.45) is 3.19. The van der Waals surface area contributed by atoms with Crippen LogP contribution in [0, 0.1) is 6.92 Å². The van der Waals surface area contributed by atoms with Crippen molar-refractivity contribution in [2.75, 3.05) is 6.54 Å². The fraction of sp³-hybridized carbons (Fsp3) is 0.353. The van der Waals surface area contributed by atoms with E-state index in [4.69, 9.17) is 4.52 Å². The molecule has 0 aliphatic rings. The van der Waals surface area contributed by atoms with Crippen molar-refractivity contribution in [3.8, 4) is 17.3 Å². The molecule has 0 atom stereocenters. The Bertz CT molecular complexity index is 896. The van der Waals surface area contributed by atoms with Crippen molar-refractivity contribution in [1.82, 2.24) is 30.2 Å². The second kappa shape index (κ2) is 6.84. The number of carbonyl (C=O) groups excluding carboxylic acids is 1. The van der Waals surface area contributed by atoms with Gasteiger partial charge in [0.05, 0.1) is 17.5 Å². The van der Waals surface area contributed by atoms with Gasteiger partial charge in [-0.3, -0.25) is 4.79 Å². The minimum absolute atomic E-state index is 0.152. The van der Waals surface area contributed by atoms with Crippen LogP contribution >= 0.6 is 0 Å². The summed E-state index contributed by atoms with van der Waals surface area (Å²) in [7, 11) is 0. The first-order valence-corrected chi connectivity index (χ1v) is 8.14. The molecule has 8 heteroatoms. The van der Waals surface area contributed by atoms with Crippen LogP contribution < -0.4 is 5.32 Å². The molecule has 3 aromatic rings. The van der Waals surface area contributed by atoms with E-state index in [0.717, 1.165) is 5.56 Å². The molecule has 0 unspecified atom stereocenters. The van der Waals surface area contributed by atoms with E-state index in [9.17, 15) is 4.79 Å². The third kappa shape index (κ3) is 3.28. The quantitative estimate of drug-likeness (QED) is 0.766. The summed E-state index contributed by atoms with van der Waals surface area (Å²) in [5, 5.41) is 11.0. The highest BCUT2D eigenvalue weighted by Gasteiger charge is 2.17. The van der Waals surface area contributed by atoms with Crippen molar-refractivity contribution < 1.29 is 9.32 Å². The number of hydrogen-bond donors (Lipinski definition) is 1. The maximum absolute atomic E-state index is 12.0. The topological polar surface area (TPSA) is 98.7 Å². The summed E-state index contributed by atoms with van der Waals surface area (Å²) in [5.41, 5.74) is 1.98. The molecule has 25 heavy (non-hydrogen) atoms. The van der Waals surface area contributed by atoms with E-state index in [1.807, 2.05) is 27.7 Å². The Morgan fingerprint density at radius 1 is 1.40 bits per heavy atom. The van der Waals surface area contributed by atoms with Crippen LogP contribution in [0.4, 0.5) is 0 Å². The lowest BCUT2D eigenvalue weighted by Gasteiger charge is -2.05. The first-order chi connectivity index (χ1) is 12.0. The highest BCUT2D eigenvalue weighted by Crippen LogP contribution is 2.22. The Morgan fingerprint density at radius 2 is 2.20 bits per heavy atom. The molecule has 0 aromatic carbocycles. The van der Waals surface area contributed by atoms with Crippen LogP contribution in [0.15, 0.2) is 29.0 Å². The van der Waals surface area contributed by atoms with E-state index in [-0.39, 0.29) is 11.8 Å². The summed E-state index contributed by atoms with van der Waals surface area (Å²) in [4.78, 5) is 20.8. The van der Waals surface area contributed by atoms with E-state index < -0.39 is 0 Å². The molecule has 8 nitrogen and oxygen atoms in total. The van der Waals surface area contributed by atoms with Gasteiger partial charge in [0, 0.05) is 24.2 Å². The number of rotatable bonds is 5. The van der Waals surface area contributed by atoms with Crippen molar-refractivity contribution >= 4 is 5.91 Å². The van der Waals surface area contributed by atoms with Gasteiger partial charge in [-0.1, -0.05) is 19.0 Å². The average Bonchev–Trinajstić information content (AvgIpc) is 3.22. The fourth-order valence-corrected chi connectivity index (χ4v) is 2.37.